The number of aromatic amines is 2. The van der Waals surface area contributed by atoms with Crippen LogP contribution in [0.15, 0.2) is 42.1 Å². The van der Waals surface area contributed by atoms with E-state index in [1.165, 1.54) is 18.1 Å². The van der Waals surface area contributed by atoms with Gasteiger partial charge in [0.15, 0.2) is 5.65 Å². The van der Waals surface area contributed by atoms with Gasteiger partial charge in [0, 0.05) is 28.7 Å². The van der Waals surface area contributed by atoms with Crippen molar-refractivity contribution in [2.75, 3.05) is 6.54 Å². The maximum absolute atomic E-state index is 12.4. The lowest BCUT2D eigenvalue weighted by atomic mass is 10.1. The molecular weight excluding hydrogens is 384 g/mol. The Morgan fingerprint density at radius 3 is 3.07 bits per heavy atom. The fourth-order valence-corrected chi connectivity index (χ4v) is 3.95. The molecule has 0 unspecified atom stereocenters. The molecule has 0 radical (unpaired) electrons. The summed E-state index contributed by atoms with van der Waals surface area (Å²) >= 11 is 7.46. The Labute approximate surface area is 164 Å². The molecule has 0 saturated heterocycles. The second-order valence-corrected chi connectivity index (χ2v) is 7.85. The lowest BCUT2D eigenvalue weighted by molar-refractivity contribution is -0.120. The van der Waals surface area contributed by atoms with Gasteiger partial charge in [0.1, 0.15) is 16.9 Å². The van der Waals surface area contributed by atoms with Crippen molar-refractivity contribution >= 4 is 51.3 Å². The van der Waals surface area contributed by atoms with Crippen molar-refractivity contribution in [1.29, 1.82) is 0 Å². The second-order valence-electron chi connectivity index (χ2n) is 6.08. The molecule has 0 aliphatic carbocycles. The Kier molecular flexibility index (Phi) is 5.00. The minimum absolute atomic E-state index is 0.0378. The predicted octanol–water partition coefficient (Wildman–Crippen LogP) is 3.33. The first-order valence-corrected chi connectivity index (χ1v) is 9.71. The van der Waals surface area contributed by atoms with Crippen molar-refractivity contribution in [3.05, 3.63) is 47.6 Å². The van der Waals surface area contributed by atoms with Crippen LogP contribution < -0.4 is 5.32 Å². The van der Waals surface area contributed by atoms with Crippen LogP contribution in [0.1, 0.15) is 12.5 Å². The molecule has 3 N–H and O–H groups in total. The Bertz CT molecular complexity index is 1110. The molecule has 27 heavy (non-hydrogen) atoms. The summed E-state index contributed by atoms with van der Waals surface area (Å²) in [5.74, 6) is -0.0378. The molecule has 4 rings (SSSR count). The van der Waals surface area contributed by atoms with Crippen molar-refractivity contribution in [2.45, 2.75) is 23.6 Å². The van der Waals surface area contributed by atoms with E-state index in [1.807, 2.05) is 31.3 Å². The Morgan fingerprint density at radius 1 is 1.30 bits per heavy atom. The van der Waals surface area contributed by atoms with Gasteiger partial charge >= 0.3 is 0 Å². The highest BCUT2D eigenvalue weighted by Gasteiger charge is 2.17. The zero-order valence-corrected chi connectivity index (χ0v) is 16.1. The summed E-state index contributed by atoms with van der Waals surface area (Å²) in [6, 6.07) is 5.75. The van der Waals surface area contributed by atoms with E-state index in [-0.39, 0.29) is 11.2 Å². The van der Waals surface area contributed by atoms with E-state index < -0.39 is 0 Å². The number of carbonyl (C=O) groups excluding carboxylic acids is 1. The van der Waals surface area contributed by atoms with Crippen molar-refractivity contribution in [1.82, 2.24) is 30.2 Å². The highest BCUT2D eigenvalue weighted by atomic mass is 35.5. The van der Waals surface area contributed by atoms with Gasteiger partial charge in [-0.1, -0.05) is 23.4 Å². The van der Waals surface area contributed by atoms with Crippen LogP contribution in [0, 0.1) is 0 Å². The number of imidazole rings is 1. The molecule has 1 amide bonds. The number of hydrogen-bond donors (Lipinski definition) is 3. The monoisotopic (exact) mass is 400 g/mol. The molecular formula is C18H17ClN6OS. The summed E-state index contributed by atoms with van der Waals surface area (Å²) in [4.78, 5) is 31.1. The first kappa shape index (κ1) is 17.8. The first-order chi connectivity index (χ1) is 13.1. The molecule has 1 aromatic carbocycles. The minimum Gasteiger partial charge on any atom is -0.361 e. The molecule has 0 spiro atoms. The van der Waals surface area contributed by atoms with Crippen LogP contribution in [0.5, 0.6) is 0 Å². The molecule has 0 aliphatic rings. The van der Waals surface area contributed by atoms with Crippen molar-refractivity contribution in [3.63, 3.8) is 0 Å². The molecule has 3 aromatic heterocycles. The number of fused-ring (bicyclic) bond motifs is 2. The number of rotatable bonds is 6. The van der Waals surface area contributed by atoms with E-state index in [2.05, 4.69) is 30.2 Å². The van der Waals surface area contributed by atoms with Gasteiger partial charge in [-0.15, -0.1) is 0 Å². The molecule has 0 aliphatic heterocycles. The minimum atomic E-state index is -0.288. The molecule has 4 aromatic rings. The maximum Gasteiger partial charge on any atom is 0.233 e. The van der Waals surface area contributed by atoms with Crippen LogP contribution in [0.2, 0.25) is 5.02 Å². The third-order valence-electron chi connectivity index (χ3n) is 4.27. The van der Waals surface area contributed by atoms with Crippen LogP contribution >= 0.6 is 23.4 Å². The van der Waals surface area contributed by atoms with Crippen LogP contribution in [0.4, 0.5) is 0 Å². The zero-order valence-electron chi connectivity index (χ0n) is 14.5. The number of halogens is 1. The van der Waals surface area contributed by atoms with Gasteiger partial charge in [-0.05, 0) is 37.1 Å². The molecule has 1 atom stereocenters. The number of aromatic nitrogens is 5. The number of thioether (sulfide) groups is 1. The number of benzene rings is 1. The number of nitrogens with zero attached hydrogens (tertiary/aromatic N) is 3. The number of hydrogen-bond acceptors (Lipinski definition) is 5. The molecule has 0 saturated carbocycles. The van der Waals surface area contributed by atoms with Crippen molar-refractivity contribution < 1.29 is 4.79 Å². The topological polar surface area (TPSA) is 99.3 Å². The largest absolute Gasteiger partial charge is 0.361 e. The Balaban J connectivity index is 1.36. The van der Waals surface area contributed by atoms with Gasteiger partial charge in [-0.25, -0.2) is 15.0 Å². The van der Waals surface area contributed by atoms with Gasteiger partial charge in [0.25, 0.3) is 0 Å². The maximum atomic E-state index is 12.4. The normalized spacial score (nSPS) is 12.5. The van der Waals surface area contributed by atoms with Crippen LogP contribution in [-0.2, 0) is 11.2 Å². The Morgan fingerprint density at radius 2 is 2.19 bits per heavy atom. The predicted molar refractivity (Wildman–Crippen MR) is 107 cm³/mol. The third-order valence-corrected chi connectivity index (χ3v) is 5.60. The lowest BCUT2D eigenvalue weighted by Crippen LogP contribution is -2.32. The van der Waals surface area contributed by atoms with Gasteiger partial charge in [-0.3, -0.25) is 4.79 Å². The van der Waals surface area contributed by atoms with Crippen LogP contribution in [0.3, 0.4) is 0 Å². The summed E-state index contributed by atoms with van der Waals surface area (Å²) in [6.45, 7) is 2.40. The SMILES string of the molecule is C[C@@H](Sc1ncnc2nc[nH]c12)C(=O)NCCc1c[nH]c2ccc(Cl)cc12. The highest BCUT2D eigenvalue weighted by molar-refractivity contribution is 8.00. The summed E-state index contributed by atoms with van der Waals surface area (Å²) in [5.41, 5.74) is 3.51. The molecule has 138 valence electrons. The van der Waals surface area contributed by atoms with Crippen molar-refractivity contribution in [3.8, 4) is 0 Å². The number of H-pyrrole nitrogens is 2. The smallest absolute Gasteiger partial charge is 0.233 e. The van der Waals surface area contributed by atoms with E-state index in [1.54, 1.807) is 6.33 Å². The van der Waals surface area contributed by atoms with Crippen LogP contribution in [0.25, 0.3) is 22.1 Å². The summed E-state index contributed by atoms with van der Waals surface area (Å²) in [6.07, 6.45) is 5.71. The van der Waals surface area contributed by atoms with E-state index in [0.717, 1.165) is 28.4 Å². The van der Waals surface area contributed by atoms with Gasteiger partial charge in [0.05, 0.1) is 11.6 Å². The van der Waals surface area contributed by atoms with Crippen molar-refractivity contribution in [2.24, 2.45) is 0 Å². The van der Waals surface area contributed by atoms with E-state index in [9.17, 15) is 4.79 Å². The molecule has 0 bridgehead atoms. The van der Waals surface area contributed by atoms with Gasteiger partial charge in [-0.2, -0.15) is 0 Å². The third kappa shape index (κ3) is 3.77. The summed E-state index contributed by atoms with van der Waals surface area (Å²) in [5, 5.41) is 5.20. The van der Waals surface area contributed by atoms with Gasteiger partial charge in [0.2, 0.25) is 5.91 Å². The van der Waals surface area contributed by atoms with E-state index in [4.69, 9.17) is 11.6 Å². The Hall–Kier alpha value is -2.58. The molecule has 7 nitrogen and oxygen atoms in total. The molecule has 0 fully saturated rings. The van der Waals surface area contributed by atoms with Crippen LogP contribution in [-0.4, -0.2) is 42.6 Å². The number of amides is 1. The number of nitrogens with one attached hydrogen (secondary N) is 3. The average Bonchev–Trinajstić information content (AvgIpc) is 3.29. The fraction of sp³-hybridized carbons (Fsp3) is 0.222. The average molecular weight is 401 g/mol. The summed E-state index contributed by atoms with van der Waals surface area (Å²) < 4.78 is 0. The summed E-state index contributed by atoms with van der Waals surface area (Å²) in [7, 11) is 0. The fourth-order valence-electron chi connectivity index (χ4n) is 2.87. The lowest BCUT2D eigenvalue weighted by Gasteiger charge is -2.11. The molecule has 3 heterocycles. The molecule has 9 heteroatoms. The standard InChI is InChI=1S/C18H17ClN6OS/c1-10(27-18-15-16(23-8-22-15)24-9-25-18)17(26)20-5-4-11-7-21-14-3-2-12(19)6-13(11)14/h2-3,6-10,21H,4-5H2,1H3,(H,20,26)(H,22,23,24,25)/t10-/m1/s1. The highest BCUT2D eigenvalue weighted by Crippen LogP contribution is 2.26. The zero-order chi connectivity index (χ0) is 18.8. The first-order valence-electron chi connectivity index (χ1n) is 8.46. The van der Waals surface area contributed by atoms with E-state index in [0.29, 0.717) is 22.2 Å². The van der Waals surface area contributed by atoms with Gasteiger partial charge < -0.3 is 15.3 Å². The second kappa shape index (κ2) is 7.58. The van der Waals surface area contributed by atoms with E-state index >= 15 is 0 Å². The quantitative estimate of drug-likeness (QED) is 0.340. The number of carbonyl (C=O) groups is 1.